The lowest BCUT2D eigenvalue weighted by molar-refractivity contribution is -0.147. The number of nitrogens with zero attached hydrogens (tertiary/aromatic N) is 1. The number of aryl methyl sites for hydroxylation is 1. The van der Waals surface area contributed by atoms with Crippen LogP contribution in [0.4, 0.5) is 10.5 Å². The zero-order valence-corrected chi connectivity index (χ0v) is 11.5. The number of imide groups is 1. The Morgan fingerprint density at radius 2 is 2.16 bits per heavy atom. The number of hydrogen-bond acceptors (Lipinski definition) is 4. The van der Waals surface area contributed by atoms with Gasteiger partial charge in [0.15, 0.2) is 0 Å². The Kier molecular flexibility index (Phi) is 3.84. The van der Waals surface area contributed by atoms with Crippen LogP contribution in [0.1, 0.15) is 18.4 Å². The van der Waals surface area contributed by atoms with E-state index in [0.717, 1.165) is 16.2 Å². The summed E-state index contributed by atoms with van der Waals surface area (Å²) >= 11 is 1.49. The van der Waals surface area contributed by atoms with Crippen LogP contribution >= 0.6 is 11.3 Å². The molecule has 0 spiro atoms. The molecular formula is C12H15N3O3S. The number of thiophene rings is 1. The van der Waals surface area contributed by atoms with Crippen molar-refractivity contribution in [2.75, 3.05) is 12.4 Å². The van der Waals surface area contributed by atoms with E-state index in [1.54, 1.807) is 0 Å². The van der Waals surface area contributed by atoms with Crippen LogP contribution in [0.3, 0.4) is 0 Å². The number of piperidine rings is 1. The molecule has 1 aliphatic heterocycles. The van der Waals surface area contributed by atoms with Gasteiger partial charge in [-0.3, -0.25) is 14.5 Å². The van der Waals surface area contributed by atoms with Crippen molar-refractivity contribution < 1.29 is 14.4 Å². The van der Waals surface area contributed by atoms with Gasteiger partial charge in [-0.2, -0.15) is 0 Å². The minimum absolute atomic E-state index is 0.211. The molecule has 1 aromatic heterocycles. The van der Waals surface area contributed by atoms with Gasteiger partial charge in [-0.1, -0.05) is 0 Å². The van der Waals surface area contributed by atoms with Gasteiger partial charge in [0.05, 0.1) is 5.69 Å². The van der Waals surface area contributed by atoms with Crippen LogP contribution in [-0.4, -0.2) is 35.8 Å². The van der Waals surface area contributed by atoms with E-state index >= 15 is 0 Å². The molecule has 1 fully saturated rings. The summed E-state index contributed by atoms with van der Waals surface area (Å²) in [6, 6.07) is -1.07. The Morgan fingerprint density at radius 1 is 1.42 bits per heavy atom. The average molecular weight is 281 g/mol. The Balaban J connectivity index is 1.94. The van der Waals surface area contributed by atoms with Crippen LogP contribution in [0.2, 0.25) is 0 Å². The zero-order chi connectivity index (χ0) is 14.0. The number of rotatable bonds is 2. The van der Waals surface area contributed by atoms with Crippen molar-refractivity contribution >= 4 is 34.9 Å². The van der Waals surface area contributed by atoms with Crippen molar-refractivity contribution in [2.45, 2.75) is 25.8 Å². The SMILES string of the molecule is Cc1cscc1NC(=O)NC1CCC(=O)N(C)C1=O. The molecule has 19 heavy (non-hydrogen) atoms. The van der Waals surface area contributed by atoms with E-state index in [1.165, 1.54) is 18.4 Å². The van der Waals surface area contributed by atoms with Gasteiger partial charge < -0.3 is 10.6 Å². The van der Waals surface area contributed by atoms with Crippen LogP contribution < -0.4 is 10.6 Å². The lowest BCUT2D eigenvalue weighted by Crippen LogP contribution is -2.53. The molecule has 0 saturated carbocycles. The number of hydrogen-bond donors (Lipinski definition) is 2. The number of carbonyl (C=O) groups is 3. The molecule has 0 radical (unpaired) electrons. The van der Waals surface area contributed by atoms with Crippen molar-refractivity contribution in [1.82, 2.24) is 10.2 Å². The monoisotopic (exact) mass is 281 g/mol. The minimum atomic E-state index is -0.637. The summed E-state index contributed by atoms with van der Waals surface area (Å²) in [5.41, 5.74) is 1.71. The number of amides is 4. The predicted molar refractivity (Wildman–Crippen MR) is 72.0 cm³/mol. The normalized spacial score (nSPS) is 19.5. The first-order valence-corrected chi connectivity index (χ1v) is 6.84. The summed E-state index contributed by atoms with van der Waals surface area (Å²) in [7, 11) is 1.43. The average Bonchev–Trinajstić information content (AvgIpc) is 2.76. The molecule has 6 nitrogen and oxygen atoms in total. The lowest BCUT2D eigenvalue weighted by Gasteiger charge is -2.28. The summed E-state index contributed by atoms with van der Waals surface area (Å²) in [5, 5.41) is 9.04. The third-order valence-corrected chi connectivity index (χ3v) is 3.92. The van der Waals surface area contributed by atoms with Crippen molar-refractivity contribution in [1.29, 1.82) is 0 Å². The molecule has 0 aliphatic carbocycles. The van der Waals surface area contributed by atoms with Crippen LogP contribution in [-0.2, 0) is 9.59 Å². The molecule has 2 rings (SSSR count). The van der Waals surface area contributed by atoms with Gasteiger partial charge in [0.2, 0.25) is 5.91 Å². The van der Waals surface area contributed by atoms with Crippen molar-refractivity contribution in [2.24, 2.45) is 0 Å². The summed E-state index contributed by atoms with van der Waals surface area (Å²) in [5.74, 6) is -0.578. The van der Waals surface area contributed by atoms with E-state index in [1.807, 2.05) is 17.7 Å². The molecule has 1 atom stereocenters. The molecule has 1 aliphatic rings. The maximum atomic E-state index is 11.8. The van der Waals surface area contributed by atoms with Gasteiger partial charge in [-0.15, -0.1) is 11.3 Å². The number of nitrogens with one attached hydrogen (secondary N) is 2. The van der Waals surface area contributed by atoms with Crippen LogP contribution in [0.5, 0.6) is 0 Å². The zero-order valence-electron chi connectivity index (χ0n) is 10.7. The quantitative estimate of drug-likeness (QED) is 0.803. The number of urea groups is 1. The first kappa shape index (κ1) is 13.5. The standard InChI is InChI=1S/C12H15N3O3S/c1-7-5-19-6-9(7)14-12(18)13-8-3-4-10(16)15(2)11(8)17/h5-6,8H,3-4H2,1-2H3,(H2,13,14,18). The van der Waals surface area contributed by atoms with Gasteiger partial charge in [0.1, 0.15) is 6.04 Å². The highest BCUT2D eigenvalue weighted by molar-refractivity contribution is 7.08. The molecule has 7 heteroatoms. The number of likely N-dealkylation sites (N-methyl/N-ethyl adjacent to an activating group) is 1. The van der Waals surface area contributed by atoms with E-state index in [0.29, 0.717) is 6.42 Å². The summed E-state index contributed by atoms with van der Waals surface area (Å²) in [6.45, 7) is 1.89. The molecular weight excluding hydrogens is 266 g/mol. The summed E-state index contributed by atoms with van der Waals surface area (Å²) in [6.07, 6.45) is 0.614. The van der Waals surface area contributed by atoms with Crippen LogP contribution in [0.15, 0.2) is 10.8 Å². The molecule has 1 unspecified atom stereocenters. The van der Waals surface area contributed by atoms with Gasteiger partial charge in [-0.05, 0) is 24.3 Å². The second-order valence-corrected chi connectivity index (χ2v) is 5.19. The topological polar surface area (TPSA) is 78.5 Å². The van der Waals surface area contributed by atoms with Crippen molar-refractivity contribution in [3.05, 3.63) is 16.3 Å². The highest BCUT2D eigenvalue weighted by atomic mass is 32.1. The Bertz CT molecular complexity index is 526. The first-order valence-electron chi connectivity index (χ1n) is 5.89. The van der Waals surface area contributed by atoms with Crippen molar-refractivity contribution in [3.63, 3.8) is 0 Å². The maximum Gasteiger partial charge on any atom is 0.319 e. The molecule has 2 N–H and O–H groups in total. The maximum absolute atomic E-state index is 11.8. The fourth-order valence-corrected chi connectivity index (χ4v) is 2.63. The largest absolute Gasteiger partial charge is 0.326 e. The third kappa shape index (κ3) is 2.93. The fraction of sp³-hybridized carbons (Fsp3) is 0.417. The van der Waals surface area contributed by atoms with Gasteiger partial charge in [0, 0.05) is 18.8 Å². The molecule has 1 aromatic rings. The van der Waals surface area contributed by atoms with E-state index in [2.05, 4.69) is 10.6 Å². The summed E-state index contributed by atoms with van der Waals surface area (Å²) in [4.78, 5) is 36.0. The molecule has 1 saturated heterocycles. The molecule has 0 aromatic carbocycles. The number of likely N-dealkylation sites (tertiary alicyclic amines) is 1. The van der Waals surface area contributed by atoms with E-state index in [4.69, 9.17) is 0 Å². The predicted octanol–water partition coefficient (Wildman–Crippen LogP) is 1.33. The van der Waals surface area contributed by atoms with Gasteiger partial charge in [-0.25, -0.2) is 4.79 Å². The van der Waals surface area contributed by atoms with E-state index in [9.17, 15) is 14.4 Å². The highest BCUT2D eigenvalue weighted by Gasteiger charge is 2.32. The Hall–Kier alpha value is -1.89. The molecule has 2 heterocycles. The fourth-order valence-electron chi connectivity index (χ4n) is 1.85. The minimum Gasteiger partial charge on any atom is -0.326 e. The third-order valence-electron chi connectivity index (χ3n) is 3.06. The first-order chi connectivity index (χ1) is 8.99. The van der Waals surface area contributed by atoms with E-state index < -0.39 is 12.1 Å². The van der Waals surface area contributed by atoms with Gasteiger partial charge in [0.25, 0.3) is 5.91 Å². The lowest BCUT2D eigenvalue weighted by atomic mass is 10.1. The highest BCUT2D eigenvalue weighted by Crippen LogP contribution is 2.19. The second-order valence-electron chi connectivity index (χ2n) is 4.45. The molecule has 4 amide bonds. The smallest absolute Gasteiger partial charge is 0.319 e. The molecule has 0 bridgehead atoms. The van der Waals surface area contributed by atoms with Gasteiger partial charge >= 0.3 is 6.03 Å². The second kappa shape index (κ2) is 5.40. The van der Waals surface area contributed by atoms with E-state index in [-0.39, 0.29) is 18.2 Å². The Labute approximate surface area is 114 Å². The molecule has 102 valence electrons. The van der Waals surface area contributed by atoms with Crippen molar-refractivity contribution in [3.8, 4) is 0 Å². The van der Waals surface area contributed by atoms with Crippen LogP contribution in [0, 0.1) is 6.92 Å². The van der Waals surface area contributed by atoms with Crippen LogP contribution in [0.25, 0.3) is 0 Å². The Morgan fingerprint density at radius 3 is 2.79 bits per heavy atom. The number of carbonyl (C=O) groups excluding carboxylic acids is 3. The number of anilines is 1. The summed E-state index contributed by atoms with van der Waals surface area (Å²) < 4.78 is 0.